The number of anilines is 1. The first-order chi connectivity index (χ1) is 15.6. The first kappa shape index (κ1) is 25.7. The number of urea groups is 1. The zero-order chi connectivity index (χ0) is 24.4. The van der Waals surface area contributed by atoms with Gasteiger partial charge in [0.2, 0.25) is 6.79 Å². The topological polar surface area (TPSA) is 182 Å². The summed E-state index contributed by atoms with van der Waals surface area (Å²) in [5.74, 6) is -0.646. The van der Waals surface area contributed by atoms with Gasteiger partial charge < -0.3 is 25.0 Å². The highest BCUT2D eigenvalue weighted by atomic mass is 31.2. The molecule has 0 spiro atoms. The van der Waals surface area contributed by atoms with Gasteiger partial charge in [0.15, 0.2) is 0 Å². The summed E-state index contributed by atoms with van der Waals surface area (Å²) < 4.78 is 24.8. The van der Waals surface area contributed by atoms with Crippen LogP contribution in [-0.4, -0.2) is 58.1 Å². The van der Waals surface area contributed by atoms with Gasteiger partial charge in [-0.15, -0.1) is 0 Å². The van der Waals surface area contributed by atoms with Gasteiger partial charge in [-0.25, -0.2) is 23.7 Å². The molecule has 1 aromatic heterocycles. The Bertz CT molecular complexity index is 1020. The number of pyridine rings is 1. The number of primary amides is 1. The molecular formula is C19H23N4O9P. The van der Waals surface area contributed by atoms with Crippen LogP contribution in [0.2, 0.25) is 0 Å². The number of carbonyl (C=O) groups excluding carboxylic acids is 3. The molecule has 1 aromatic carbocycles. The highest BCUT2D eigenvalue weighted by Gasteiger charge is 2.24. The SMILES string of the molecule is CN(C(N)=O)c1ncccc1CN(CC(=O)OCc1ccccc1)C(=O)OCOP(=O)(O)O. The number of aromatic nitrogens is 1. The molecule has 2 rings (SSSR count). The number of phosphoric ester groups is 1. The molecule has 14 heteroatoms. The van der Waals surface area contributed by atoms with Gasteiger partial charge in [-0.1, -0.05) is 36.4 Å². The van der Waals surface area contributed by atoms with Crippen LogP contribution in [0.3, 0.4) is 0 Å². The lowest BCUT2D eigenvalue weighted by Gasteiger charge is -2.24. The monoisotopic (exact) mass is 482 g/mol. The van der Waals surface area contributed by atoms with E-state index < -0.39 is 39.3 Å². The van der Waals surface area contributed by atoms with Gasteiger partial charge in [0, 0.05) is 18.8 Å². The van der Waals surface area contributed by atoms with E-state index in [0.29, 0.717) is 5.56 Å². The number of esters is 1. The summed E-state index contributed by atoms with van der Waals surface area (Å²) in [6, 6.07) is 11.1. The van der Waals surface area contributed by atoms with E-state index in [0.717, 1.165) is 15.4 Å². The Labute approximate surface area is 188 Å². The number of rotatable bonds is 10. The van der Waals surface area contributed by atoms with Gasteiger partial charge in [0.1, 0.15) is 19.0 Å². The Kier molecular flexibility index (Phi) is 9.30. The molecule has 0 atom stereocenters. The summed E-state index contributed by atoms with van der Waals surface area (Å²) >= 11 is 0. The second-order valence-corrected chi connectivity index (χ2v) is 7.77. The summed E-state index contributed by atoms with van der Waals surface area (Å²) in [7, 11) is -3.50. The summed E-state index contributed by atoms with van der Waals surface area (Å²) in [6.45, 7) is -1.93. The molecule has 0 radical (unpaired) electrons. The zero-order valence-electron chi connectivity index (χ0n) is 17.6. The van der Waals surface area contributed by atoms with Crippen molar-refractivity contribution in [1.29, 1.82) is 0 Å². The van der Waals surface area contributed by atoms with Crippen molar-refractivity contribution < 1.29 is 42.7 Å². The van der Waals surface area contributed by atoms with Crippen molar-refractivity contribution in [3.8, 4) is 0 Å². The Morgan fingerprint density at radius 3 is 2.42 bits per heavy atom. The zero-order valence-corrected chi connectivity index (χ0v) is 18.5. The number of nitrogens with zero attached hydrogens (tertiary/aromatic N) is 3. The fourth-order valence-electron chi connectivity index (χ4n) is 2.53. The van der Waals surface area contributed by atoms with E-state index in [-0.39, 0.29) is 19.0 Å². The van der Waals surface area contributed by atoms with Crippen LogP contribution < -0.4 is 10.6 Å². The molecule has 0 bridgehead atoms. The van der Waals surface area contributed by atoms with Crippen molar-refractivity contribution in [1.82, 2.24) is 9.88 Å². The molecule has 0 aliphatic rings. The largest absolute Gasteiger partial charge is 0.472 e. The fourth-order valence-corrected chi connectivity index (χ4v) is 2.72. The van der Waals surface area contributed by atoms with Gasteiger partial charge in [0.25, 0.3) is 0 Å². The van der Waals surface area contributed by atoms with E-state index in [9.17, 15) is 18.9 Å². The van der Waals surface area contributed by atoms with Gasteiger partial charge in [0.05, 0.1) is 6.54 Å². The molecule has 2 aromatic rings. The molecule has 0 fully saturated rings. The fraction of sp³-hybridized carbons (Fsp3) is 0.263. The second kappa shape index (κ2) is 11.9. The minimum absolute atomic E-state index is 0.0353. The summed E-state index contributed by atoms with van der Waals surface area (Å²) in [4.78, 5) is 59.9. The van der Waals surface area contributed by atoms with Crippen LogP contribution in [0.5, 0.6) is 0 Å². The van der Waals surface area contributed by atoms with E-state index in [1.54, 1.807) is 42.5 Å². The highest BCUT2D eigenvalue weighted by Crippen LogP contribution is 2.35. The van der Waals surface area contributed by atoms with Crippen LogP contribution in [0.4, 0.5) is 15.4 Å². The highest BCUT2D eigenvalue weighted by molar-refractivity contribution is 7.46. The molecule has 178 valence electrons. The summed E-state index contributed by atoms with van der Waals surface area (Å²) in [6.07, 6.45) is 0.278. The predicted octanol–water partition coefficient (Wildman–Crippen LogP) is 1.35. The minimum Gasteiger partial charge on any atom is -0.459 e. The number of phosphoric acid groups is 1. The number of nitrogens with two attached hydrogens (primary N) is 1. The second-order valence-electron chi connectivity index (χ2n) is 6.53. The molecule has 0 saturated heterocycles. The van der Waals surface area contributed by atoms with Crippen LogP contribution >= 0.6 is 7.82 Å². The molecule has 0 aliphatic carbocycles. The van der Waals surface area contributed by atoms with Crippen LogP contribution in [0.1, 0.15) is 11.1 Å². The molecule has 13 nitrogen and oxygen atoms in total. The molecule has 1 heterocycles. The third-order valence-corrected chi connectivity index (χ3v) is 4.54. The maximum Gasteiger partial charge on any atom is 0.472 e. The Hall–Kier alpha value is -3.51. The number of carbonyl (C=O) groups is 3. The minimum atomic E-state index is -4.88. The summed E-state index contributed by atoms with van der Waals surface area (Å²) in [5, 5.41) is 0. The first-order valence-electron chi connectivity index (χ1n) is 9.35. The third kappa shape index (κ3) is 8.86. The molecular weight excluding hydrogens is 459 g/mol. The number of ether oxygens (including phenoxy) is 2. The smallest absolute Gasteiger partial charge is 0.459 e. The van der Waals surface area contributed by atoms with Crippen molar-refractivity contribution >= 4 is 31.7 Å². The standard InChI is InChI=1S/C19H23N4O9P/c1-22(18(20)25)17-15(8-5-9-21-17)10-23(19(26)31-13-32-33(27,28)29)11-16(24)30-12-14-6-3-2-4-7-14/h2-9H,10-13H2,1H3,(H2,20,25)(H2,27,28,29). The third-order valence-electron chi connectivity index (χ3n) is 4.10. The number of hydrogen-bond acceptors (Lipinski definition) is 8. The van der Waals surface area contributed by atoms with Gasteiger partial charge in [-0.2, -0.15) is 0 Å². The van der Waals surface area contributed by atoms with Crippen LogP contribution in [-0.2, 0) is 36.5 Å². The Morgan fingerprint density at radius 2 is 1.79 bits per heavy atom. The Balaban J connectivity index is 2.15. The van der Waals surface area contributed by atoms with Crippen molar-refractivity contribution in [2.24, 2.45) is 5.73 Å². The summed E-state index contributed by atoms with van der Waals surface area (Å²) in [5.41, 5.74) is 6.35. The molecule has 33 heavy (non-hydrogen) atoms. The normalized spacial score (nSPS) is 10.9. The van der Waals surface area contributed by atoms with Crippen molar-refractivity contribution in [2.75, 3.05) is 25.3 Å². The predicted molar refractivity (Wildman–Crippen MR) is 113 cm³/mol. The van der Waals surface area contributed by atoms with Crippen LogP contribution in [0.25, 0.3) is 0 Å². The Morgan fingerprint density at radius 1 is 1.09 bits per heavy atom. The molecule has 4 N–H and O–H groups in total. The number of benzene rings is 1. The molecule has 0 saturated carbocycles. The van der Waals surface area contributed by atoms with Crippen molar-refractivity contribution in [3.05, 3.63) is 59.8 Å². The molecule has 3 amide bonds. The van der Waals surface area contributed by atoms with E-state index in [4.69, 9.17) is 25.0 Å². The average Bonchev–Trinajstić information content (AvgIpc) is 2.76. The van der Waals surface area contributed by atoms with Crippen LogP contribution in [0.15, 0.2) is 48.7 Å². The van der Waals surface area contributed by atoms with Crippen LogP contribution in [0, 0.1) is 0 Å². The van der Waals surface area contributed by atoms with E-state index in [2.05, 4.69) is 9.51 Å². The van der Waals surface area contributed by atoms with Gasteiger partial charge >= 0.3 is 25.9 Å². The average molecular weight is 482 g/mol. The molecule has 0 unspecified atom stereocenters. The lowest BCUT2D eigenvalue weighted by molar-refractivity contribution is -0.146. The first-order valence-corrected chi connectivity index (χ1v) is 10.9. The maximum absolute atomic E-state index is 12.5. The number of amides is 3. The number of hydrogen-bond donors (Lipinski definition) is 3. The van der Waals surface area contributed by atoms with E-state index in [1.807, 2.05) is 0 Å². The van der Waals surface area contributed by atoms with Gasteiger partial charge in [-0.3, -0.25) is 14.6 Å². The van der Waals surface area contributed by atoms with E-state index in [1.165, 1.54) is 13.2 Å². The van der Waals surface area contributed by atoms with Crippen molar-refractivity contribution in [3.63, 3.8) is 0 Å². The van der Waals surface area contributed by atoms with Gasteiger partial charge in [-0.05, 0) is 11.6 Å². The quantitative estimate of drug-likeness (QED) is 0.254. The lowest BCUT2D eigenvalue weighted by Crippen LogP contribution is -2.38. The lowest BCUT2D eigenvalue weighted by atomic mass is 10.2. The maximum atomic E-state index is 12.5. The van der Waals surface area contributed by atoms with E-state index >= 15 is 0 Å². The van der Waals surface area contributed by atoms with Crippen molar-refractivity contribution in [2.45, 2.75) is 13.2 Å². The molecule has 0 aliphatic heterocycles.